The van der Waals surface area contributed by atoms with Gasteiger partial charge in [0.25, 0.3) is 5.91 Å². The molecule has 0 radical (unpaired) electrons. The lowest BCUT2D eigenvalue weighted by molar-refractivity contribution is -0.118. The van der Waals surface area contributed by atoms with Gasteiger partial charge in [0, 0.05) is 17.4 Å². The molecule has 1 N–H and O–H groups in total. The van der Waals surface area contributed by atoms with E-state index >= 15 is 0 Å². The average molecular weight is 329 g/mol. The SMILES string of the molecule is O=C(COc1ccc2oc3c(c2c1)CCCC3)Nc1nncs1. The number of fused-ring (bicyclic) bond motifs is 3. The molecule has 7 heteroatoms. The number of carbonyl (C=O) groups is 1. The third-order valence-corrected chi connectivity index (χ3v) is 4.51. The lowest BCUT2D eigenvalue weighted by atomic mass is 9.96. The Morgan fingerprint density at radius 1 is 1.35 bits per heavy atom. The maximum atomic E-state index is 11.8. The second-order valence-electron chi connectivity index (χ2n) is 5.45. The zero-order chi connectivity index (χ0) is 15.6. The first kappa shape index (κ1) is 14.2. The van der Waals surface area contributed by atoms with Gasteiger partial charge < -0.3 is 9.15 Å². The largest absolute Gasteiger partial charge is 0.484 e. The summed E-state index contributed by atoms with van der Waals surface area (Å²) in [5.41, 5.74) is 3.74. The molecule has 0 bridgehead atoms. The zero-order valence-electron chi connectivity index (χ0n) is 12.4. The van der Waals surface area contributed by atoms with Crippen LogP contribution in [0, 0.1) is 0 Å². The van der Waals surface area contributed by atoms with Gasteiger partial charge in [0.2, 0.25) is 5.13 Å². The van der Waals surface area contributed by atoms with Crippen molar-refractivity contribution >= 4 is 33.3 Å². The van der Waals surface area contributed by atoms with Crippen molar-refractivity contribution in [2.75, 3.05) is 11.9 Å². The molecule has 2 heterocycles. The lowest BCUT2D eigenvalue weighted by Crippen LogP contribution is -2.20. The Morgan fingerprint density at radius 3 is 3.13 bits per heavy atom. The van der Waals surface area contributed by atoms with Gasteiger partial charge in [0.05, 0.1) is 0 Å². The van der Waals surface area contributed by atoms with Gasteiger partial charge in [-0.1, -0.05) is 11.3 Å². The van der Waals surface area contributed by atoms with E-state index in [2.05, 4.69) is 15.5 Å². The summed E-state index contributed by atoms with van der Waals surface area (Å²) in [4.78, 5) is 11.8. The van der Waals surface area contributed by atoms with Gasteiger partial charge >= 0.3 is 0 Å². The molecule has 0 fully saturated rings. The first-order chi connectivity index (χ1) is 11.3. The van der Waals surface area contributed by atoms with Crippen LogP contribution in [0.4, 0.5) is 5.13 Å². The van der Waals surface area contributed by atoms with Crippen molar-refractivity contribution in [3.05, 3.63) is 35.0 Å². The van der Waals surface area contributed by atoms with E-state index in [1.54, 1.807) is 5.51 Å². The number of nitrogens with one attached hydrogen (secondary N) is 1. The summed E-state index contributed by atoms with van der Waals surface area (Å²) in [6, 6.07) is 5.70. The number of benzene rings is 1. The molecule has 0 saturated heterocycles. The van der Waals surface area contributed by atoms with Gasteiger partial charge in [-0.3, -0.25) is 10.1 Å². The van der Waals surface area contributed by atoms with Gasteiger partial charge in [-0.05, 0) is 37.5 Å². The minimum absolute atomic E-state index is 0.0644. The second-order valence-corrected chi connectivity index (χ2v) is 6.28. The number of carbonyl (C=O) groups excluding carboxylic acids is 1. The van der Waals surface area contributed by atoms with Crippen LogP contribution in [-0.4, -0.2) is 22.7 Å². The Bertz CT molecular complexity index is 842. The highest BCUT2D eigenvalue weighted by atomic mass is 32.1. The number of rotatable bonds is 4. The molecule has 0 unspecified atom stereocenters. The van der Waals surface area contributed by atoms with Crippen LogP contribution in [0.3, 0.4) is 0 Å². The fourth-order valence-corrected chi connectivity index (χ4v) is 3.32. The number of hydrogen-bond acceptors (Lipinski definition) is 6. The molecule has 0 atom stereocenters. The molecule has 6 nitrogen and oxygen atoms in total. The number of ether oxygens (including phenoxy) is 1. The summed E-state index contributed by atoms with van der Waals surface area (Å²) >= 11 is 1.27. The third kappa shape index (κ3) is 2.92. The quantitative estimate of drug-likeness (QED) is 0.795. The Labute approximate surface area is 136 Å². The van der Waals surface area contributed by atoms with Crippen LogP contribution in [-0.2, 0) is 17.6 Å². The number of furan rings is 1. The highest BCUT2D eigenvalue weighted by Crippen LogP contribution is 2.33. The topological polar surface area (TPSA) is 77.2 Å². The number of aryl methyl sites for hydroxylation is 2. The Kier molecular flexibility index (Phi) is 3.70. The first-order valence-electron chi connectivity index (χ1n) is 7.53. The van der Waals surface area contributed by atoms with Crippen LogP contribution in [0.2, 0.25) is 0 Å². The van der Waals surface area contributed by atoms with Crippen molar-refractivity contribution in [3.63, 3.8) is 0 Å². The summed E-state index contributed by atoms with van der Waals surface area (Å²) in [5.74, 6) is 1.51. The molecule has 2 aromatic heterocycles. The highest BCUT2D eigenvalue weighted by molar-refractivity contribution is 7.13. The maximum Gasteiger partial charge on any atom is 0.264 e. The van der Waals surface area contributed by atoms with Crippen molar-refractivity contribution in [2.24, 2.45) is 0 Å². The summed E-state index contributed by atoms with van der Waals surface area (Å²) in [6.07, 6.45) is 4.42. The van der Waals surface area contributed by atoms with E-state index in [4.69, 9.17) is 9.15 Å². The van der Waals surface area contributed by atoms with Crippen LogP contribution >= 0.6 is 11.3 Å². The van der Waals surface area contributed by atoms with E-state index < -0.39 is 0 Å². The van der Waals surface area contributed by atoms with E-state index in [9.17, 15) is 4.79 Å². The summed E-state index contributed by atoms with van der Waals surface area (Å²) in [7, 11) is 0. The average Bonchev–Trinajstić information content (AvgIpc) is 3.20. The standard InChI is InChI=1S/C16H15N3O3S/c20-15(18-16-19-17-9-23-16)8-21-10-5-6-14-12(7-10)11-3-1-2-4-13(11)22-14/h5-7,9H,1-4,8H2,(H,18,19,20). The number of aromatic nitrogens is 2. The Balaban J connectivity index is 1.47. The third-order valence-electron chi connectivity index (χ3n) is 3.90. The van der Waals surface area contributed by atoms with Crippen molar-refractivity contribution in [2.45, 2.75) is 25.7 Å². The molecule has 0 aliphatic heterocycles. The summed E-state index contributed by atoms with van der Waals surface area (Å²) < 4.78 is 11.5. The van der Waals surface area contributed by atoms with E-state index in [1.807, 2.05) is 18.2 Å². The van der Waals surface area contributed by atoms with Crippen LogP contribution in [0.5, 0.6) is 5.75 Å². The van der Waals surface area contributed by atoms with Crippen molar-refractivity contribution < 1.29 is 13.9 Å². The molecule has 3 aromatic rings. The van der Waals surface area contributed by atoms with E-state index in [0.29, 0.717) is 10.9 Å². The second kappa shape index (κ2) is 6.00. The smallest absolute Gasteiger partial charge is 0.264 e. The Morgan fingerprint density at radius 2 is 2.26 bits per heavy atom. The molecule has 1 aliphatic carbocycles. The van der Waals surface area contributed by atoms with Crippen molar-refractivity contribution in [1.29, 1.82) is 0 Å². The monoisotopic (exact) mass is 329 g/mol. The van der Waals surface area contributed by atoms with Gasteiger partial charge in [-0.15, -0.1) is 10.2 Å². The van der Waals surface area contributed by atoms with Crippen molar-refractivity contribution in [3.8, 4) is 5.75 Å². The van der Waals surface area contributed by atoms with Gasteiger partial charge in [0.15, 0.2) is 6.61 Å². The van der Waals surface area contributed by atoms with Crippen LogP contribution in [0.1, 0.15) is 24.2 Å². The highest BCUT2D eigenvalue weighted by Gasteiger charge is 2.18. The molecule has 4 rings (SSSR count). The predicted molar refractivity (Wildman–Crippen MR) is 86.9 cm³/mol. The van der Waals surface area contributed by atoms with Crippen LogP contribution < -0.4 is 10.1 Å². The molecule has 0 saturated carbocycles. The zero-order valence-corrected chi connectivity index (χ0v) is 13.2. The maximum absolute atomic E-state index is 11.8. The molecular formula is C16H15N3O3S. The fourth-order valence-electron chi connectivity index (χ4n) is 2.86. The predicted octanol–water partition coefficient (Wildman–Crippen LogP) is 3.18. The molecular weight excluding hydrogens is 314 g/mol. The molecule has 23 heavy (non-hydrogen) atoms. The molecule has 0 spiro atoms. The molecule has 1 aliphatic rings. The summed E-state index contributed by atoms with van der Waals surface area (Å²) in [6.45, 7) is -0.0644. The van der Waals surface area contributed by atoms with Crippen molar-refractivity contribution in [1.82, 2.24) is 10.2 Å². The minimum atomic E-state index is -0.254. The van der Waals surface area contributed by atoms with Crippen LogP contribution in [0.25, 0.3) is 11.0 Å². The van der Waals surface area contributed by atoms with E-state index in [0.717, 1.165) is 29.6 Å². The van der Waals surface area contributed by atoms with Gasteiger partial charge in [0.1, 0.15) is 22.6 Å². The number of hydrogen-bond donors (Lipinski definition) is 1. The van der Waals surface area contributed by atoms with Gasteiger partial charge in [-0.2, -0.15) is 0 Å². The Hall–Kier alpha value is -2.41. The number of amides is 1. The molecule has 1 amide bonds. The fraction of sp³-hybridized carbons (Fsp3) is 0.312. The minimum Gasteiger partial charge on any atom is -0.484 e. The number of anilines is 1. The van der Waals surface area contributed by atoms with E-state index in [1.165, 1.54) is 29.7 Å². The van der Waals surface area contributed by atoms with Crippen LogP contribution in [0.15, 0.2) is 28.1 Å². The normalized spacial score (nSPS) is 13.7. The first-order valence-corrected chi connectivity index (χ1v) is 8.41. The van der Waals surface area contributed by atoms with Gasteiger partial charge in [-0.25, -0.2) is 0 Å². The summed E-state index contributed by atoms with van der Waals surface area (Å²) in [5, 5.41) is 11.6. The number of nitrogens with zero attached hydrogens (tertiary/aromatic N) is 2. The molecule has 1 aromatic carbocycles. The van der Waals surface area contributed by atoms with E-state index in [-0.39, 0.29) is 12.5 Å². The molecule has 118 valence electrons. The lowest BCUT2D eigenvalue weighted by Gasteiger charge is -2.09.